The third-order valence-corrected chi connectivity index (χ3v) is 4.12. The van der Waals surface area contributed by atoms with Gasteiger partial charge in [0.2, 0.25) is 11.8 Å². The van der Waals surface area contributed by atoms with Gasteiger partial charge in [0.15, 0.2) is 11.5 Å². The number of nitrogens with one attached hydrogen (secondary N) is 2. The summed E-state index contributed by atoms with van der Waals surface area (Å²) in [5, 5.41) is 5.73. The van der Waals surface area contributed by atoms with Gasteiger partial charge in [-0.2, -0.15) is 0 Å². The normalized spacial score (nSPS) is 11.4. The van der Waals surface area contributed by atoms with Gasteiger partial charge < -0.3 is 20.1 Å². The Kier molecular flexibility index (Phi) is 9.02. The van der Waals surface area contributed by atoms with Crippen molar-refractivity contribution >= 4 is 17.5 Å². The number of hydrogen-bond donors (Lipinski definition) is 2. The van der Waals surface area contributed by atoms with E-state index in [1.54, 1.807) is 18.2 Å². The Morgan fingerprint density at radius 2 is 1.59 bits per heavy atom. The molecule has 0 saturated heterocycles. The van der Waals surface area contributed by atoms with Gasteiger partial charge in [-0.25, -0.2) is 0 Å². The Balaban J connectivity index is 2.10. The molecule has 156 valence electrons. The fraction of sp³-hybridized carbons (Fsp3) is 0.391. The second-order valence-corrected chi connectivity index (χ2v) is 6.77. The van der Waals surface area contributed by atoms with E-state index in [0.29, 0.717) is 30.4 Å². The summed E-state index contributed by atoms with van der Waals surface area (Å²) in [6.07, 6.45) is 1.90. The number of anilines is 1. The predicted molar refractivity (Wildman–Crippen MR) is 114 cm³/mol. The Hall–Kier alpha value is -3.02. The highest BCUT2D eigenvalue weighted by Crippen LogP contribution is 2.31. The average Bonchev–Trinajstić information content (AvgIpc) is 2.71. The number of rotatable bonds is 11. The van der Waals surface area contributed by atoms with Crippen molar-refractivity contribution in [1.82, 2.24) is 5.32 Å². The van der Waals surface area contributed by atoms with Crippen molar-refractivity contribution < 1.29 is 19.1 Å². The van der Waals surface area contributed by atoms with Gasteiger partial charge in [0.25, 0.3) is 0 Å². The van der Waals surface area contributed by atoms with Crippen LogP contribution in [-0.4, -0.2) is 25.0 Å². The molecule has 0 fully saturated rings. The SMILES string of the molecule is CCCOc1ccc(NC(=O)CC(NC(C)=O)c2ccccc2)cc1OCCC. The van der Waals surface area contributed by atoms with Gasteiger partial charge in [-0.15, -0.1) is 0 Å². The van der Waals surface area contributed by atoms with Gasteiger partial charge in [0.05, 0.1) is 25.7 Å². The van der Waals surface area contributed by atoms with E-state index in [-0.39, 0.29) is 18.2 Å². The van der Waals surface area contributed by atoms with Gasteiger partial charge in [-0.05, 0) is 30.5 Å². The molecule has 0 heterocycles. The van der Waals surface area contributed by atoms with Crippen LogP contribution in [0.25, 0.3) is 0 Å². The first-order valence-electron chi connectivity index (χ1n) is 10.0. The number of carbonyl (C=O) groups excluding carboxylic acids is 2. The summed E-state index contributed by atoms with van der Waals surface area (Å²) in [5.74, 6) is 0.897. The summed E-state index contributed by atoms with van der Waals surface area (Å²) < 4.78 is 11.5. The van der Waals surface area contributed by atoms with Gasteiger partial charge in [-0.1, -0.05) is 44.2 Å². The lowest BCUT2D eigenvalue weighted by atomic mass is 10.0. The van der Waals surface area contributed by atoms with Crippen LogP contribution in [0.5, 0.6) is 11.5 Å². The maximum atomic E-state index is 12.6. The molecule has 2 N–H and O–H groups in total. The van der Waals surface area contributed by atoms with Crippen LogP contribution in [-0.2, 0) is 9.59 Å². The summed E-state index contributed by atoms with van der Waals surface area (Å²) in [6.45, 7) is 6.69. The van der Waals surface area contributed by atoms with Crippen LogP contribution < -0.4 is 20.1 Å². The van der Waals surface area contributed by atoms with Crippen LogP contribution >= 0.6 is 0 Å². The molecule has 6 nitrogen and oxygen atoms in total. The van der Waals surface area contributed by atoms with Crippen LogP contribution in [0.1, 0.15) is 51.6 Å². The first-order chi connectivity index (χ1) is 14.0. The standard InChI is InChI=1S/C23H30N2O4/c1-4-13-28-21-12-11-19(15-22(21)29-14-5-2)25-23(27)16-20(24-17(3)26)18-9-7-6-8-10-18/h6-12,15,20H,4-5,13-14,16H2,1-3H3,(H,24,26)(H,25,27). The van der Waals surface area contributed by atoms with Crippen molar-refractivity contribution in [2.24, 2.45) is 0 Å². The Morgan fingerprint density at radius 3 is 2.21 bits per heavy atom. The molecule has 1 atom stereocenters. The minimum Gasteiger partial charge on any atom is -0.490 e. The molecule has 1 unspecified atom stereocenters. The molecule has 0 saturated carbocycles. The second-order valence-electron chi connectivity index (χ2n) is 6.77. The molecule has 2 aromatic rings. The number of hydrogen-bond acceptors (Lipinski definition) is 4. The number of carbonyl (C=O) groups is 2. The van der Waals surface area contributed by atoms with E-state index in [9.17, 15) is 9.59 Å². The predicted octanol–water partition coefficient (Wildman–Crippen LogP) is 4.47. The van der Waals surface area contributed by atoms with Crippen LogP contribution in [0.4, 0.5) is 5.69 Å². The Bertz CT molecular complexity index is 793. The number of ether oxygens (including phenoxy) is 2. The molecule has 0 bridgehead atoms. The minimum absolute atomic E-state index is 0.128. The summed E-state index contributed by atoms with van der Waals surface area (Å²) >= 11 is 0. The molecule has 0 spiro atoms. The van der Waals surface area contributed by atoms with Crippen molar-refractivity contribution in [2.75, 3.05) is 18.5 Å². The van der Waals surface area contributed by atoms with E-state index < -0.39 is 6.04 Å². The molecular weight excluding hydrogens is 368 g/mol. The molecule has 0 aliphatic carbocycles. The first kappa shape index (κ1) is 22.3. The van der Waals surface area contributed by atoms with Crippen molar-refractivity contribution in [1.29, 1.82) is 0 Å². The maximum absolute atomic E-state index is 12.6. The molecule has 6 heteroatoms. The van der Waals surface area contributed by atoms with Crippen LogP contribution in [0.2, 0.25) is 0 Å². The highest BCUT2D eigenvalue weighted by Gasteiger charge is 2.17. The summed E-state index contributed by atoms with van der Waals surface area (Å²) in [4.78, 5) is 24.2. The first-order valence-corrected chi connectivity index (χ1v) is 10.0. The van der Waals surface area contributed by atoms with Crippen LogP contribution in [0.15, 0.2) is 48.5 Å². The molecule has 2 aromatic carbocycles. The maximum Gasteiger partial charge on any atom is 0.226 e. The van der Waals surface area contributed by atoms with Gasteiger partial charge >= 0.3 is 0 Å². The fourth-order valence-corrected chi connectivity index (χ4v) is 2.82. The van der Waals surface area contributed by atoms with Crippen molar-refractivity contribution in [3.05, 3.63) is 54.1 Å². The molecule has 29 heavy (non-hydrogen) atoms. The molecule has 0 aliphatic rings. The molecule has 0 radical (unpaired) electrons. The molecule has 0 aromatic heterocycles. The largest absolute Gasteiger partial charge is 0.490 e. The molecular formula is C23H30N2O4. The summed E-state index contributed by atoms with van der Waals surface area (Å²) in [5.41, 5.74) is 1.51. The van der Waals surface area contributed by atoms with Crippen molar-refractivity contribution in [2.45, 2.75) is 46.1 Å². The smallest absolute Gasteiger partial charge is 0.226 e. The lowest BCUT2D eigenvalue weighted by molar-refractivity contribution is -0.120. The minimum atomic E-state index is -0.392. The Morgan fingerprint density at radius 1 is 0.931 bits per heavy atom. The van der Waals surface area contributed by atoms with E-state index in [2.05, 4.69) is 10.6 Å². The van der Waals surface area contributed by atoms with E-state index >= 15 is 0 Å². The van der Waals surface area contributed by atoms with E-state index in [0.717, 1.165) is 18.4 Å². The van der Waals surface area contributed by atoms with Crippen molar-refractivity contribution in [3.8, 4) is 11.5 Å². The number of benzene rings is 2. The van der Waals surface area contributed by atoms with E-state index in [4.69, 9.17) is 9.47 Å². The third-order valence-electron chi connectivity index (χ3n) is 4.12. The van der Waals surface area contributed by atoms with Crippen molar-refractivity contribution in [3.63, 3.8) is 0 Å². The molecule has 2 rings (SSSR count). The lowest BCUT2D eigenvalue weighted by Gasteiger charge is -2.18. The third kappa shape index (κ3) is 7.49. The quantitative estimate of drug-likeness (QED) is 0.585. The van der Waals surface area contributed by atoms with E-state index in [1.807, 2.05) is 44.2 Å². The Labute approximate surface area is 172 Å². The second kappa shape index (κ2) is 11.7. The zero-order valence-electron chi connectivity index (χ0n) is 17.4. The van der Waals surface area contributed by atoms with Gasteiger partial charge in [0.1, 0.15) is 0 Å². The molecule has 2 amide bonds. The molecule has 0 aliphatic heterocycles. The summed E-state index contributed by atoms with van der Waals surface area (Å²) in [6, 6.07) is 14.4. The lowest BCUT2D eigenvalue weighted by Crippen LogP contribution is -2.29. The van der Waals surface area contributed by atoms with Gasteiger partial charge in [0, 0.05) is 18.7 Å². The number of amides is 2. The monoisotopic (exact) mass is 398 g/mol. The highest BCUT2D eigenvalue weighted by molar-refractivity contribution is 5.92. The summed E-state index contributed by atoms with van der Waals surface area (Å²) in [7, 11) is 0. The average molecular weight is 399 g/mol. The fourth-order valence-electron chi connectivity index (χ4n) is 2.82. The highest BCUT2D eigenvalue weighted by atomic mass is 16.5. The van der Waals surface area contributed by atoms with Crippen LogP contribution in [0, 0.1) is 0 Å². The van der Waals surface area contributed by atoms with Gasteiger partial charge in [-0.3, -0.25) is 9.59 Å². The zero-order chi connectivity index (χ0) is 21.1. The van der Waals surface area contributed by atoms with Crippen LogP contribution in [0.3, 0.4) is 0 Å². The zero-order valence-corrected chi connectivity index (χ0v) is 17.4. The topological polar surface area (TPSA) is 76.7 Å². The van der Waals surface area contributed by atoms with E-state index in [1.165, 1.54) is 6.92 Å².